The first-order valence-electron chi connectivity index (χ1n) is 16.7. The lowest BCUT2D eigenvalue weighted by Gasteiger charge is -2.41. The molecule has 0 aromatic heterocycles. The van der Waals surface area contributed by atoms with Gasteiger partial charge in [0.1, 0.15) is 12.4 Å². The van der Waals surface area contributed by atoms with Crippen molar-refractivity contribution in [3.05, 3.63) is 89.0 Å². The average molecular weight is 683 g/mol. The summed E-state index contributed by atoms with van der Waals surface area (Å²) in [6, 6.07) is 20.8. The van der Waals surface area contributed by atoms with E-state index in [1.54, 1.807) is 38.5 Å². The molecule has 0 saturated carbocycles. The minimum atomic E-state index is -3.86. The van der Waals surface area contributed by atoms with Crippen LogP contribution < -0.4 is 9.64 Å². The number of hydrogen-bond acceptors (Lipinski definition) is 9. The number of piperidine rings is 1. The smallest absolute Gasteiger partial charge is 0.243 e. The highest BCUT2D eigenvalue weighted by Crippen LogP contribution is 2.36. The molecule has 3 aromatic carbocycles. The van der Waals surface area contributed by atoms with E-state index in [-0.39, 0.29) is 24.6 Å². The van der Waals surface area contributed by atoms with Crippen molar-refractivity contribution in [2.75, 3.05) is 71.7 Å². The number of β-amino-alcohol motifs (C(OH)–C–C–N with tert-alkyl or cyclic N) is 1. The molecule has 4 atom stereocenters. The zero-order chi connectivity index (χ0) is 34.1. The summed E-state index contributed by atoms with van der Waals surface area (Å²) in [5.74, 6) is 0.698. The first kappa shape index (κ1) is 36.3. The number of nitrogens with zero attached hydrogens (tertiary/aromatic N) is 2. The first-order chi connectivity index (χ1) is 23.2. The van der Waals surface area contributed by atoms with Crippen LogP contribution >= 0.6 is 0 Å². The van der Waals surface area contributed by atoms with Gasteiger partial charge in [0, 0.05) is 52.3 Å². The predicted octanol–water partition coefficient (Wildman–Crippen LogP) is 4.76. The highest BCUT2D eigenvalue weighted by atomic mass is 32.2. The first-order valence-corrected chi connectivity index (χ1v) is 18.1. The Morgan fingerprint density at radius 2 is 1.69 bits per heavy atom. The zero-order valence-corrected chi connectivity index (χ0v) is 29.4. The molecule has 1 saturated heterocycles. The van der Waals surface area contributed by atoms with Gasteiger partial charge in [0.15, 0.2) is 0 Å². The van der Waals surface area contributed by atoms with Gasteiger partial charge < -0.3 is 33.7 Å². The van der Waals surface area contributed by atoms with Crippen molar-refractivity contribution in [2.45, 2.75) is 56.5 Å². The van der Waals surface area contributed by atoms with Crippen molar-refractivity contribution < 1.29 is 37.2 Å². The maximum absolute atomic E-state index is 13.8. The molecule has 2 heterocycles. The van der Waals surface area contributed by atoms with E-state index in [1.807, 2.05) is 43.3 Å². The molecule has 3 aromatic rings. The van der Waals surface area contributed by atoms with Crippen molar-refractivity contribution in [1.29, 1.82) is 0 Å². The van der Waals surface area contributed by atoms with E-state index in [2.05, 4.69) is 17.9 Å². The van der Waals surface area contributed by atoms with Gasteiger partial charge in [0.2, 0.25) is 10.0 Å². The Balaban J connectivity index is 1.35. The molecule has 0 aliphatic carbocycles. The highest BCUT2D eigenvalue weighted by molar-refractivity contribution is 7.89. The van der Waals surface area contributed by atoms with Crippen LogP contribution in [0.15, 0.2) is 71.6 Å². The molecule has 10 nitrogen and oxygen atoms in total. The molecule has 1 fully saturated rings. The second-order valence-electron chi connectivity index (χ2n) is 12.9. The van der Waals surface area contributed by atoms with E-state index >= 15 is 0 Å². The lowest BCUT2D eigenvalue weighted by Crippen LogP contribution is -2.53. The van der Waals surface area contributed by atoms with Crippen LogP contribution in [0.25, 0.3) is 0 Å². The van der Waals surface area contributed by atoms with Gasteiger partial charge in [-0.25, -0.2) is 8.42 Å². The molecular weight excluding hydrogens is 632 g/mol. The summed E-state index contributed by atoms with van der Waals surface area (Å²) >= 11 is 0. The Morgan fingerprint density at radius 1 is 0.938 bits per heavy atom. The number of aryl methyl sites for hydroxylation is 1. The minimum Gasteiger partial charge on any atom is -0.490 e. The second kappa shape index (κ2) is 17.1. The Kier molecular flexibility index (Phi) is 12.9. The summed E-state index contributed by atoms with van der Waals surface area (Å²) in [6.07, 6.45) is -0.674. The number of rotatable bonds is 16. The number of fused-ring (bicyclic) bond motifs is 1. The van der Waals surface area contributed by atoms with Crippen LogP contribution in [-0.2, 0) is 42.2 Å². The van der Waals surface area contributed by atoms with E-state index in [1.165, 1.54) is 4.31 Å². The molecule has 2 aliphatic rings. The number of aliphatic hydroxyl groups is 1. The number of aliphatic hydroxyl groups excluding tert-OH is 1. The van der Waals surface area contributed by atoms with Crippen LogP contribution in [0.1, 0.15) is 41.5 Å². The molecule has 2 aliphatic heterocycles. The molecule has 0 bridgehead atoms. The summed E-state index contributed by atoms with van der Waals surface area (Å²) in [7, 11) is -0.464. The van der Waals surface area contributed by atoms with E-state index < -0.39 is 28.1 Å². The molecule has 48 heavy (non-hydrogen) atoms. The summed E-state index contributed by atoms with van der Waals surface area (Å²) in [5, 5.41) is 11.6. The van der Waals surface area contributed by atoms with E-state index in [4.69, 9.17) is 23.7 Å². The molecule has 5 rings (SSSR count). The maximum atomic E-state index is 13.8. The zero-order valence-electron chi connectivity index (χ0n) is 28.5. The SMILES string of the molecule is COCCCN1CCOc2ccc(CO[C@H]3CN(S(=O)(=O)c4ccc(C)cc4)C[C@@H](O)C3c3ccc(COC[C@@H](C)COC)cc3)cc21. The standard InChI is InChI=1S/C37H50N2O8S/c1-27-6-13-32(14-7-27)48(41,42)39-21-34(40)37(31-11-8-29(9-12-31)25-45-24-28(2)23-44-4)36(22-39)47-26-30-10-15-35-33(20-30)38(17-19-46-35)16-5-18-43-3/h6-15,20,28,34,36-37,40H,5,16-19,21-26H2,1-4H3/t28-,34+,36-,37?/m0/s1. The fraction of sp³-hybridized carbons (Fsp3) is 0.514. The van der Waals surface area contributed by atoms with Crippen LogP contribution in [0, 0.1) is 12.8 Å². The van der Waals surface area contributed by atoms with Crippen LogP contribution in [0.4, 0.5) is 5.69 Å². The summed E-state index contributed by atoms with van der Waals surface area (Å²) in [4.78, 5) is 2.50. The highest BCUT2D eigenvalue weighted by Gasteiger charge is 2.42. The summed E-state index contributed by atoms with van der Waals surface area (Å²) < 4.78 is 57.7. The van der Waals surface area contributed by atoms with Gasteiger partial charge in [0.25, 0.3) is 0 Å². The van der Waals surface area contributed by atoms with Gasteiger partial charge in [-0.15, -0.1) is 0 Å². The van der Waals surface area contributed by atoms with Crippen LogP contribution in [0.3, 0.4) is 0 Å². The Labute approximate surface area is 285 Å². The number of ether oxygens (including phenoxy) is 5. The van der Waals surface area contributed by atoms with Crippen LogP contribution in [0.5, 0.6) is 5.75 Å². The fourth-order valence-corrected chi connectivity index (χ4v) is 7.87. The number of sulfonamides is 1. The van der Waals surface area contributed by atoms with Gasteiger partial charge >= 0.3 is 0 Å². The average Bonchev–Trinajstić information content (AvgIpc) is 3.08. The predicted molar refractivity (Wildman–Crippen MR) is 185 cm³/mol. The van der Waals surface area contributed by atoms with Crippen molar-refractivity contribution in [1.82, 2.24) is 4.31 Å². The normalized spacial score (nSPS) is 20.7. The Bertz CT molecular complexity index is 1550. The Morgan fingerprint density at radius 3 is 2.42 bits per heavy atom. The second-order valence-corrected chi connectivity index (χ2v) is 14.8. The van der Waals surface area contributed by atoms with Gasteiger partial charge in [-0.05, 0) is 54.3 Å². The number of benzene rings is 3. The van der Waals surface area contributed by atoms with E-state index in [0.29, 0.717) is 39.0 Å². The monoisotopic (exact) mass is 682 g/mol. The van der Waals surface area contributed by atoms with E-state index in [9.17, 15) is 13.5 Å². The van der Waals surface area contributed by atoms with Crippen molar-refractivity contribution >= 4 is 15.7 Å². The fourth-order valence-electron chi connectivity index (χ4n) is 6.40. The molecule has 0 amide bonds. The van der Waals surface area contributed by atoms with Crippen molar-refractivity contribution in [3.8, 4) is 5.75 Å². The number of methoxy groups -OCH3 is 2. The molecule has 262 valence electrons. The third-order valence-corrected chi connectivity index (χ3v) is 10.8. The lowest BCUT2D eigenvalue weighted by molar-refractivity contribution is -0.0534. The van der Waals surface area contributed by atoms with Gasteiger partial charge in [-0.2, -0.15) is 4.31 Å². The maximum Gasteiger partial charge on any atom is 0.243 e. The molecule has 1 N–H and O–H groups in total. The van der Waals surface area contributed by atoms with E-state index in [0.717, 1.165) is 53.2 Å². The molecule has 1 unspecified atom stereocenters. The summed E-state index contributed by atoms with van der Waals surface area (Å²) in [6.45, 7) is 8.97. The third-order valence-electron chi connectivity index (χ3n) is 8.96. The number of hydrogen-bond donors (Lipinski definition) is 1. The van der Waals surface area contributed by atoms with Crippen LogP contribution in [-0.4, -0.2) is 96.9 Å². The summed E-state index contributed by atoms with van der Waals surface area (Å²) in [5.41, 5.74) is 4.83. The topological polar surface area (TPSA) is 107 Å². The van der Waals surface area contributed by atoms with Crippen molar-refractivity contribution in [3.63, 3.8) is 0 Å². The Hall–Kier alpha value is -3.03. The molecule has 0 spiro atoms. The van der Waals surface area contributed by atoms with Crippen LogP contribution in [0.2, 0.25) is 0 Å². The lowest BCUT2D eigenvalue weighted by atomic mass is 9.85. The molecule has 11 heteroatoms. The third kappa shape index (κ3) is 9.15. The van der Waals surface area contributed by atoms with Gasteiger partial charge in [-0.1, -0.05) is 55.0 Å². The van der Waals surface area contributed by atoms with Gasteiger partial charge in [0.05, 0.1) is 55.8 Å². The largest absolute Gasteiger partial charge is 0.490 e. The van der Waals surface area contributed by atoms with Gasteiger partial charge in [-0.3, -0.25) is 0 Å². The number of anilines is 1. The quantitative estimate of drug-likeness (QED) is 0.214. The molecule has 0 radical (unpaired) electrons. The minimum absolute atomic E-state index is 0.0321. The molecular formula is C37H50N2O8S. The van der Waals surface area contributed by atoms with Crippen molar-refractivity contribution in [2.24, 2.45) is 5.92 Å².